The van der Waals surface area contributed by atoms with Crippen LogP contribution in [0.1, 0.15) is 104 Å². The largest absolute Gasteiger partial charge is 0.358 e. The minimum absolute atomic E-state index is 0.0528. The molecular weight excluding hydrogens is 314 g/mol. The predicted molar refractivity (Wildman–Crippen MR) is 110 cm³/mol. The summed E-state index contributed by atoms with van der Waals surface area (Å²) in [7, 11) is 0. The molecule has 0 aromatic rings. The Bertz CT molecular complexity index is 348. The highest BCUT2D eigenvalue weighted by Crippen LogP contribution is 2.18. The highest BCUT2D eigenvalue weighted by Gasteiger charge is 2.12. The van der Waals surface area contributed by atoms with Crippen molar-refractivity contribution < 1.29 is 0 Å². The summed E-state index contributed by atoms with van der Waals surface area (Å²) in [6.45, 7) is 5.49. The van der Waals surface area contributed by atoms with Crippen molar-refractivity contribution in [1.29, 1.82) is 0 Å². The molecule has 0 radical (unpaired) electrons. The van der Waals surface area contributed by atoms with Crippen molar-refractivity contribution in [1.82, 2.24) is 4.90 Å². The van der Waals surface area contributed by atoms with Crippen molar-refractivity contribution in [2.45, 2.75) is 109 Å². The van der Waals surface area contributed by atoms with Gasteiger partial charge >= 0.3 is 0 Å². The first-order chi connectivity index (χ1) is 11.7. The van der Waals surface area contributed by atoms with Gasteiger partial charge in [0.05, 0.1) is 0 Å². The molecule has 1 aliphatic rings. The molecule has 1 heterocycles. The Balaban J connectivity index is 1.79. The number of halogens is 1. The second-order valence-electron chi connectivity index (χ2n) is 7.43. The summed E-state index contributed by atoms with van der Waals surface area (Å²) in [5.41, 5.74) is 1.32. The van der Waals surface area contributed by atoms with Crippen LogP contribution < -0.4 is 0 Å². The fourth-order valence-electron chi connectivity index (χ4n) is 3.35. The lowest BCUT2D eigenvalue weighted by Crippen LogP contribution is -2.27. The summed E-state index contributed by atoms with van der Waals surface area (Å²) in [5.74, 6) is 0. The molecule has 24 heavy (non-hydrogen) atoms. The van der Waals surface area contributed by atoms with Crippen LogP contribution in [0, 0.1) is 0 Å². The Morgan fingerprint density at radius 1 is 0.792 bits per heavy atom. The first-order valence-electron chi connectivity index (χ1n) is 10.5. The molecule has 0 fully saturated rings. The zero-order valence-corrected chi connectivity index (χ0v) is 17.0. The second kappa shape index (κ2) is 14.9. The van der Waals surface area contributed by atoms with Gasteiger partial charge in [-0.2, -0.15) is 0 Å². The third-order valence-electron chi connectivity index (χ3n) is 5.02. The summed E-state index contributed by atoms with van der Waals surface area (Å²) in [6.07, 6.45) is 26.2. The summed E-state index contributed by atoms with van der Waals surface area (Å²) in [5, 5.41) is 0. The van der Waals surface area contributed by atoms with E-state index in [4.69, 9.17) is 11.6 Å². The van der Waals surface area contributed by atoms with Crippen molar-refractivity contribution in [3.63, 3.8) is 0 Å². The van der Waals surface area contributed by atoms with Crippen LogP contribution in [0.3, 0.4) is 0 Å². The van der Waals surface area contributed by atoms with Crippen molar-refractivity contribution in [2.75, 3.05) is 6.54 Å². The van der Waals surface area contributed by atoms with Crippen LogP contribution in [0.15, 0.2) is 23.9 Å². The smallest absolute Gasteiger partial charge is 0.123 e. The summed E-state index contributed by atoms with van der Waals surface area (Å²) in [4.78, 5) is 2.25. The first kappa shape index (κ1) is 21.6. The van der Waals surface area contributed by atoms with E-state index in [2.05, 4.69) is 37.1 Å². The molecule has 0 amide bonds. The van der Waals surface area contributed by atoms with Crippen LogP contribution in [0.25, 0.3) is 0 Å². The van der Waals surface area contributed by atoms with Gasteiger partial charge in [0, 0.05) is 12.7 Å². The van der Waals surface area contributed by atoms with E-state index in [1.807, 2.05) is 0 Å². The number of hydrogen-bond donors (Lipinski definition) is 0. The molecule has 1 aliphatic heterocycles. The monoisotopic (exact) mass is 353 g/mol. The van der Waals surface area contributed by atoms with Gasteiger partial charge in [-0.15, -0.1) is 0 Å². The molecule has 140 valence electrons. The molecule has 0 bridgehead atoms. The number of alkyl halides is 1. The molecule has 0 N–H and O–H groups in total. The van der Waals surface area contributed by atoms with E-state index in [0.29, 0.717) is 0 Å². The van der Waals surface area contributed by atoms with E-state index in [9.17, 15) is 0 Å². The van der Waals surface area contributed by atoms with Crippen molar-refractivity contribution in [2.24, 2.45) is 0 Å². The van der Waals surface area contributed by atoms with Gasteiger partial charge in [-0.25, -0.2) is 0 Å². The molecule has 0 aliphatic carbocycles. The van der Waals surface area contributed by atoms with Crippen molar-refractivity contribution in [3.8, 4) is 0 Å². The Kier molecular flexibility index (Phi) is 13.4. The van der Waals surface area contributed by atoms with Gasteiger partial charge in [-0.05, 0) is 25.5 Å². The average Bonchev–Trinajstić information content (AvgIpc) is 2.57. The molecular formula is C22H40ClN. The maximum Gasteiger partial charge on any atom is 0.123 e. The fourth-order valence-corrected chi connectivity index (χ4v) is 3.71. The first-order valence-corrected chi connectivity index (χ1v) is 10.9. The van der Waals surface area contributed by atoms with E-state index in [1.54, 1.807) is 0 Å². The number of rotatable bonds is 15. The molecule has 1 nitrogen and oxygen atoms in total. The highest BCUT2D eigenvalue weighted by atomic mass is 35.5. The molecule has 1 rings (SSSR count). The standard InChI is InChI=1S/C22H40ClN/c1-3-4-5-6-7-8-9-10-11-12-13-14-15-16-18-24-19-17-21(2)20-22(24)23/h17,19-20,22H,3-16,18H2,1-2H3. The van der Waals surface area contributed by atoms with Gasteiger partial charge in [-0.3, -0.25) is 0 Å². The highest BCUT2D eigenvalue weighted by molar-refractivity contribution is 6.21. The second-order valence-corrected chi connectivity index (χ2v) is 7.88. The number of unbranched alkanes of at least 4 members (excludes halogenated alkanes) is 13. The van der Waals surface area contributed by atoms with Crippen molar-refractivity contribution >= 4 is 11.6 Å². The van der Waals surface area contributed by atoms with Gasteiger partial charge < -0.3 is 4.90 Å². The predicted octanol–water partition coefficient (Wildman–Crippen LogP) is 7.81. The van der Waals surface area contributed by atoms with Gasteiger partial charge in [0.25, 0.3) is 0 Å². The summed E-state index contributed by atoms with van der Waals surface area (Å²) < 4.78 is 0. The quantitative estimate of drug-likeness (QED) is 0.165. The number of allylic oxidation sites excluding steroid dienone is 2. The van der Waals surface area contributed by atoms with Gasteiger partial charge in [0.2, 0.25) is 0 Å². The molecule has 0 aromatic heterocycles. The minimum atomic E-state index is 0.0528. The van der Waals surface area contributed by atoms with Gasteiger partial charge in [-0.1, -0.05) is 108 Å². The molecule has 1 unspecified atom stereocenters. The Hall–Kier alpha value is -0.430. The summed E-state index contributed by atoms with van der Waals surface area (Å²) >= 11 is 6.33. The van der Waals surface area contributed by atoms with E-state index in [0.717, 1.165) is 6.54 Å². The van der Waals surface area contributed by atoms with E-state index < -0.39 is 0 Å². The number of hydrogen-bond acceptors (Lipinski definition) is 1. The maximum atomic E-state index is 6.33. The Morgan fingerprint density at radius 2 is 1.25 bits per heavy atom. The number of nitrogens with zero attached hydrogens (tertiary/aromatic N) is 1. The maximum absolute atomic E-state index is 6.33. The van der Waals surface area contributed by atoms with Gasteiger partial charge in [0.15, 0.2) is 0 Å². The van der Waals surface area contributed by atoms with Crippen molar-refractivity contribution in [3.05, 3.63) is 23.9 Å². The Morgan fingerprint density at radius 3 is 1.71 bits per heavy atom. The molecule has 2 heteroatoms. The van der Waals surface area contributed by atoms with Crippen LogP contribution in [0.5, 0.6) is 0 Å². The molecule has 0 saturated carbocycles. The molecule has 0 saturated heterocycles. The Labute approximate surface area is 156 Å². The lowest BCUT2D eigenvalue weighted by Gasteiger charge is -2.27. The average molecular weight is 354 g/mol. The van der Waals surface area contributed by atoms with Crippen LogP contribution in [0.2, 0.25) is 0 Å². The normalized spacial score (nSPS) is 17.4. The van der Waals surface area contributed by atoms with E-state index in [1.165, 1.54) is 95.5 Å². The van der Waals surface area contributed by atoms with E-state index >= 15 is 0 Å². The van der Waals surface area contributed by atoms with Crippen LogP contribution in [0.4, 0.5) is 0 Å². The lowest BCUT2D eigenvalue weighted by atomic mass is 10.0. The van der Waals surface area contributed by atoms with E-state index in [-0.39, 0.29) is 5.50 Å². The van der Waals surface area contributed by atoms with Crippen LogP contribution >= 0.6 is 11.6 Å². The molecule has 0 spiro atoms. The van der Waals surface area contributed by atoms with Crippen LogP contribution in [-0.2, 0) is 0 Å². The zero-order valence-electron chi connectivity index (χ0n) is 16.2. The third kappa shape index (κ3) is 11.2. The topological polar surface area (TPSA) is 3.24 Å². The van der Waals surface area contributed by atoms with Crippen LogP contribution in [-0.4, -0.2) is 16.9 Å². The molecule has 0 aromatic carbocycles. The zero-order chi connectivity index (χ0) is 17.5. The fraction of sp³-hybridized carbons (Fsp3) is 0.818. The third-order valence-corrected chi connectivity index (χ3v) is 5.39. The minimum Gasteiger partial charge on any atom is -0.358 e. The molecule has 1 atom stereocenters. The SMILES string of the molecule is CCCCCCCCCCCCCCCCN1C=CC(C)=CC1Cl. The summed E-state index contributed by atoms with van der Waals surface area (Å²) in [6, 6.07) is 0. The lowest BCUT2D eigenvalue weighted by molar-refractivity contribution is 0.364. The van der Waals surface area contributed by atoms with Gasteiger partial charge in [0.1, 0.15) is 5.50 Å².